The molecule has 1 aliphatic carbocycles. The molecule has 0 saturated heterocycles. The van der Waals surface area contributed by atoms with Gasteiger partial charge in [0.25, 0.3) is 10.0 Å². The van der Waals surface area contributed by atoms with Crippen molar-refractivity contribution in [1.82, 2.24) is 9.97 Å². The summed E-state index contributed by atoms with van der Waals surface area (Å²) in [6.07, 6.45) is 0.619. The smallest absolute Gasteiger partial charge is 0.255 e. The molecule has 4 rings (SSSR count). The van der Waals surface area contributed by atoms with Gasteiger partial charge in [0.1, 0.15) is 11.6 Å². The van der Waals surface area contributed by atoms with Crippen LogP contribution in [-0.4, -0.2) is 35.6 Å². The highest BCUT2D eigenvalue weighted by Crippen LogP contribution is 2.38. The summed E-state index contributed by atoms with van der Waals surface area (Å²) in [5, 5.41) is 15.5. The first-order chi connectivity index (χ1) is 14.6. The molecule has 0 unspecified atom stereocenters. The zero-order valence-electron chi connectivity index (χ0n) is 17.2. The van der Waals surface area contributed by atoms with Gasteiger partial charge in [-0.3, -0.25) is 0 Å². The maximum Gasteiger partial charge on any atom is 0.255 e. The van der Waals surface area contributed by atoms with Gasteiger partial charge < -0.3 is 10.0 Å². The van der Waals surface area contributed by atoms with Crippen LogP contribution in [-0.2, 0) is 10.0 Å². The number of nitrogens with two attached hydrogens (primary N) is 1. The zero-order chi connectivity index (χ0) is 22.3. The molecule has 0 radical (unpaired) electrons. The summed E-state index contributed by atoms with van der Waals surface area (Å²) >= 11 is 6.53. The van der Waals surface area contributed by atoms with Crippen LogP contribution >= 0.6 is 11.6 Å². The molecule has 162 valence electrons. The van der Waals surface area contributed by atoms with Crippen LogP contribution in [0.2, 0.25) is 5.02 Å². The molecular weight excluding hydrogens is 436 g/mol. The molecule has 0 aliphatic heterocycles. The van der Waals surface area contributed by atoms with E-state index < -0.39 is 16.1 Å². The van der Waals surface area contributed by atoms with Gasteiger partial charge in [0.2, 0.25) is 0 Å². The van der Waals surface area contributed by atoms with E-state index in [1.165, 1.54) is 6.07 Å². The number of nitrogens with zero attached hydrogens (tertiary/aromatic N) is 3. The van der Waals surface area contributed by atoms with Gasteiger partial charge in [-0.1, -0.05) is 35.9 Å². The summed E-state index contributed by atoms with van der Waals surface area (Å²) in [5.74, 6) is 0.962. The third-order valence-electron chi connectivity index (χ3n) is 5.50. The predicted molar refractivity (Wildman–Crippen MR) is 121 cm³/mol. The van der Waals surface area contributed by atoms with Crippen molar-refractivity contribution >= 4 is 33.3 Å². The van der Waals surface area contributed by atoms with Crippen molar-refractivity contribution < 1.29 is 13.5 Å². The highest BCUT2D eigenvalue weighted by atomic mass is 35.5. The largest absolute Gasteiger partial charge is 0.393 e. The number of aliphatic hydroxyl groups is 1. The fourth-order valence-electron chi connectivity index (χ4n) is 3.89. The first kappa shape index (κ1) is 21.7. The number of hydrogen-bond acceptors (Lipinski definition) is 6. The maximum absolute atomic E-state index is 11.8. The quantitative estimate of drug-likeness (QED) is 0.603. The van der Waals surface area contributed by atoms with Crippen LogP contribution in [0.25, 0.3) is 11.3 Å². The van der Waals surface area contributed by atoms with Crippen molar-refractivity contribution in [3.8, 4) is 11.3 Å². The Labute approximate surface area is 186 Å². The summed E-state index contributed by atoms with van der Waals surface area (Å²) in [6, 6.07) is 14.1. The van der Waals surface area contributed by atoms with Crippen LogP contribution in [0.4, 0.5) is 11.6 Å². The average molecular weight is 459 g/mol. The minimum Gasteiger partial charge on any atom is -0.393 e. The Bertz CT molecular complexity index is 1220. The van der Waals surface area contributed by atoms with E-state index in [0.717, 1.165) is 16.7 Å². The molecule has 0 amide bonds. The van der Waals surface area contributed by atoms with E-state index in [-0.39, 0.29) is 11.1 Å². The van der Waals surface area contributed by atoms with Gasteiger partial charge in [0.15, 0.2) is 5.03 Å². The van der Waals surface area contributed by atoms with E-state index >= 15 is 0 Å². The minimum atomic E-state index is -3.96. The third-order valence-corrected chi connectivity index (χ3v) is 6.61. The number of aryl methyl sites for hydroxylation is 2. The molecule has 1 aromatic carbocycles. The normalized spacial score (nSPS) is 18.5. The summed E-state index contributed by atoms with van der Waals surface area (Å²) in [4.78, 5) is 11.0. The Morgan fingerprint density at radius 1 is 1.00 bits per heavy atom. The molecule has 3 N–H and O–H groups in total. The summed E-state index contributed by atoms with van der Waals surface area (Å²) in [5.41, 5.74) is 3.69. The maximum atomic E-state index is 11.8. The number of benzene rings is 1. The lowest BCUT2D eigenvalue weighted by Crippen LogP contribution is -2.45. The lowest BCUT2D eigenvalue weighted by Gasteiger charge is -2.40. The molecule has 2 aromatic heterocycles. The second kappa shape index (κ2) is 8.20. The number of aromatic nitrogens is 2. The topological polar surface area (TPSA) is 109 Å². The Hall–Kier alpha value is -2.52. The Balaban J connectivity index is 1.86. The number of anilines is 2. The fraction of sp³-hybridized carbons (Fsp3) is 0.273. The molecule has 0 atom stereocenters. The first-order valence-electron chi connectivity index (χ1n) is 9.85. The van der Waals surface area contributed by atoms with Crippen LogP contribution in [0.1, 0.15) is 24.0 Å². The van der Waals surface area contributed by atoms with Crippen molar-refractivity contribution in [3.05, 3.63) is 64.7 Å². The van der Waals surface area contributed by atoms with Gasteiger partial charge in [-0.05, 0) is 62.1 Å². The average Bonchev–Trinajstić information content (AvgIpc) is 2.68. The molecule has 1 saturated carbocycles. The molecule has 7 nitrogen and oxygen atoms in total. The second-order valence-electron chi connectivity index (χ2n) is 7.79. The Morgan fingerprint density at radius 3 is 2.23 bits per heavy atom. The van der Waals surface area contributed by atoms with E-state index in [1.54, 1.807) is 24.3 Å². The monoisotopic (exact) mass is 458 g/mol. The number of sulfonamides is 1. The van der Waals surface area contributed by atoms with Crippen molar-refractivity contribution in [2.24, 2.45) is 5.14 Å². The fourth-order valence-corrected chi connectivity index (χ4v) is 4.58. The SMILES string of the molecule is Cc1cccc(C)c1-c1nc(N(c2cccc(S(N)(=O)=O)n2)C2CC(O)C2)ccc1Cl. The minimum absolute atomic E-state index is 0.0854. The van der Waals surface area contributed by atoms with Gasteiger partial charge in [0, 0.05) is 11.6 Å². The van der Waals surface area contributed by atoms with Crippen molar-refractivity contribution in [2.75, 3.05) is 4.90 Å². The van der Waals surface area contributed by atoms with Crippen LogP contribution < -0.4 is 10.0 Å². The molecular formula is C22H23ClN4O3S. The number of hydrogen-bond donors (Lipinski definition) is 2. The van der Waals surface area contributed by atoms with Gasteiger partial charge in [-0.25, -0.2) is 23.5 Å². The number of rotatable bonds is 5. The van der Waals surface area contributed by atoms with E-state index in [9.17, 15) is 13.5 Å². The van der Waals surface area contributed by atoms with Crippen LogP contribution in [0, 0.1) is 13.8 Å². The van der Waals surface area contributed by atoms with E-state index in [1.807, 2.05) is 36.9 Å². The van der Waals surface area contributed by atoms with Gasteiger partial charge >= 0.3 is 0 Å². The lowest BCUT2D eigenvalue weighted by atomic mass is 9.88. The summed E-state index contributed by atoms with van der Waals surface area (Å²) in [7, 11) is -3.96. The third kappa shape index (κ3) is 4.29. The highest BCUT2D eigenvalue weighted by molar-refractivity contribution is 7.89. The summed E-state index contributed by atoms with van der Waals surface area (Å²) < 4.78 is 23.7. The number of primary sulfonamides is 1. The van der Waals surface area contributed by atoms with E-state index in [0.29, 0.717) is 35.2 Å². The van der Waals surface area contributed by atoms with Crippen molar-refractivity contribution in [3.63, 3.8) is 0 Å². The van der Waals surface area contributed by atoms with E-state index in [2.05, 4.69) is 4.98 Å². The van der Waals surface area contributed by atoms with Gasteiger partial charge in [0.05, 0.1) is 16.8 Å². The van der Waals surface area contributed by atoms with Crippen molar-refractivity contribution in [2.45, 2.75) is 43.9 Å². The van der Waals surface area contributed by atoms with Crippen LogP contribution in [0.5, 0.6) is 0 Å². The second-order valence-corrected chi connectivity index (χ2v) is 9.71. The Morgan fingerprint density at radius 2 is 1.61 bits per heavy atom. The predicted octanol–water partition coefficient (Wildman–Crippen LogP) is 3.72. The first-order valence-corrected chi connectivity index (χ1v) is 11.8. The molecule has 0 spiro atoms. The number of halogens is 1. The molecule has 0 bridgehead atoms. The zero-order valence-corrected chi connectivity index (χ0v) is 18.7. The van der Waals surface area contributed by atoms with E-state index in [4.69, 9.17) is 21.7 Å². The Kier molecular flexibility index (Phi) is 5.74. The molecule has 1 fully saturated rings. The van der Waals surface area contributed by atoms with Crippen LogP contribution in [0.15, 0.2) is 53.6 Å². The molecule has 3 aromatic rings. The van der Waals surface area contributed by atoms with Crippen LogP contribution in [0.3, 0.4) is 0 Å². The van der Waals surface area contributed by atoms with Gasteiger partial charge in [-0.15, -0.1) is 0 Å². The number of pyridine rings is 2. The number of aliphatic hydroxyl groups excluding tert-OH is 1. The lowest BCUT2D eigenvalue weighted by molar-refractivity contribution is 0.0764. The molecule has 9 heteroatoms. The molecule has 2 heterocycles. The highest BCUT2D eigenvalue weighted by Gasteiger charge is 2.35. The summed E-state index contributed by atoms with van der Waals surface area (Å²) in [6.45, 7) is 4.01. The van der Waals surface area contributed by atoms with Crippen molar-refractivity contribution in [1.29, 1.82) is 0 Å². The molecule has 1 aliphatic rings. The standard InChI is InChI=1S/C22H23ClN4O3S/c1-13-5-3-6-14(2)21(13)22-17(23)9-10-19(26-22)27(15-11-16(28)12-15)18-7-4-8-20(25-18)31(24,29)30/h3-10,15-16,28H,11-12H2,1-2H3,(H2,24,29,30). The molecule has 31 heavy (non-hydrogen) atoms. The van der Waals surface area contributed by atoms with Gasteiger partial charge in [-0.2, -0.15) is 0 Å².